The van der Waals surface area contributed by atoms with Crippen molar-refractivity contribution in [1.29, 1.82) is 0 Å². The lowest BCUT2D eigenvalue weighted by Crippen LogP contribution is -2.10. The normalized spacial score (nSPS) is 26.0. The Morgan fingerprint density at radius 1 is 1.46 bits per heavy atom. The Kier molecular flexibility index (Phi) is 2.36. The van der Waals surface area contributed by atoms with E-state index in [2.05, 4.69) is 36.5 Å². The van der Waals surface area contributed by atoms with Crippen molar-refractivity contribution in [3.05, 3.63) is 35.4 Å². The summed E-state index contributed by atoms with van der Waals surface area (Å²) in [5.74, 6) is 1.71. The first kappa shape index (κ1) is 8.76. The van der Waals surface area contributed by atoms with Crippen LogP contribution in [-0.2, 0) is 0 Å². The van der Waals surface area contributed by atoms with E-state index in [4.69, 9.17) is 0 Å². The van der Waals surface area contributed by atoms with Gasteiger partial charge in [-0.05, 0) is 44.3 Å². The van der Waals surface area contributed by atoms with Gasteiger partial charge in [0.15, 0.2) is 0 Å². The van der Waals surface area contributed by atoms with Crippen LogP contribution in [0.3, 0.4) is 0 Å². The number of benzene rings is 1. The van der Waals surface area contributed by atoms with E-state index < -0.39 is 0 Å². The number of nitrogens with one attached hydrogen (secondary N) is 1. The number of aryl methyl sites for hydroxylation is 1. The molecule has 1 aliphatic carbocycles. The Morgan fingerprint density at radius 2 is 2.31 bits per heavy atom. The van der Waals surface area contributed by atoms with E-state index in [-0.39, 0.29) is 0 Å². The molecular formula is C12H17N. The van der Waals surface area contributed by atoms with Crippen LogP contribution in [0.2, 0.25) is 0 Å². The molecule has 0 aromatic heterocycles. The molecule has 0 heterocycles. The summed E-state index contributed by atoms with van der Waals surface area (Å²) in [6.45, 7) is 3.33. The molecule has 2 atom stereocenters. The molecule has 1 fully saturated rings. The molecule has 13 heavy (non-hydrogen) atoms. The summed E-state index contributed by atoms with van der Waals surface area (Å²) in [7, 11) is 2.03. The van der Waals surface area contributed by atoms with Gasteiger partial charge in [-0.2, -0.15) is 0 Å². The SMILES string of the molecule is CNCC1CC1c1cccc(C)c1. The van der Waals surface area contributed by atoms with Crippen molar-refractivity contribution < 1.29 is 0 Å². The standard InChI is InChI=1S/C12H17N/c1-9-4-3-5-10(6-9)12-7-11(12)8-13-2/h3-6,11-13H,7-8H2,1-2H3. The van der Waals surface area contributed by atoms with Crippen molar-refractivity contribution in [2.75, 3.05) is 13.6 Å². The lowest BCUT2D eigenvalue weighted by atomic mass is 10.1. The van der Waals surface area contributed by atoms with E-state index in [1.807, 2.05) is 7.05 Å². The lowest BCUT2D eigenvalue weighted by Gasteiger charge is -2.01. The second-order valence-electron chi connectivity index (χ2n) is 4.07. The molecule has 0 radical (unpaired) electrons. The Hall–Kier alpha value is -0.820. The average molecular weight is 175 g/mol. The molecule has 0 bridgehead atoms. The summed E-state index contributed by atoms with van der Waals surface area (Å²) in [4.78, 5) is 0. The molecule has 1 N–H and O–H groups in total. The zero-order valence-corrected chi connectivity index (χ0v) is 8.38. The molecule has 0 amide bonds. The zero-order valence-electron chi connectivity index (χ0n) is 8.38. The maximum absolute atomic E-state index is 3.24. The monoisotopic (exact) mass is 175 g/mol. The molecule has 0 aliphatic heterocycles. The van der Waals surface area contributed by atoms with Crippen LogP contribution in [0.25, 0.3) is 0 Å². The molecule has 1 saturated carbocycles. The van der Waals surface area contributed by atoms with Crippen molar-refractivity contribution in [3.63, 3.8) is 0 Å². The van der Waals surface area contributed by atoms with Gasteiger partial charge in [0, 0.05) is 0 Å². The van der Waals surface area contributed by atoms with Crippen molar-refractivity contribution in [1.82, 2.24) is 5.32 Å². The Balaban J connectivity index is 2.03. The van der Waals surface area contributed by atoms with Gasteiger partial charge in [0.1, 0.15) is 0 Å². The first-order valence-electron chi connectivity index (χ1n) is 5.02. The van der Waals surface area contributed by atoms with Crippen LogP contribution in [0.4, 0.5) is 0 Å². The molecule has 1 heteroatoms. The number of rotatable bonds is 3. The van der Waals surface area contributed by atoms with Crippen LogP contribution < -0.4 is 5.32 Å². The molecule has 1 aliphatic rings. The van der Waals surface area contributed by atoms with E-state index in [1.54, 1.807) is 0 Å². The van der Waals surface area contributed by atoms with Crippen molar-refractivity contribution in [3.8, 4) is 0 Å². The van der Waals surface area contributed by atoms with E-state index in [1.165, 1.54) is 24.1 Å². The fraction of sp³-hybridized carbons (Fsp3) is 0.500. The van der Waals surface area contributed by atoms with Gasteiger partial charge in [0.05, 0.1) is 0 Å². The topological polar surface area (TPSA) is 12.0 Å². The highest BCUT2D eigenvalue weighted by atomic mass is 14.8. The van der Waals surface area contributed by atoms with Gasteiger partial charge in [0.25, 0.3) is 0 Å². The predicted molar refractivity (Wildman–Crippen MR) is 56.0 cm³/mol. The van der Waals surface area contributed by atoms with Gasteiger partial charge in [-0.3, -0.25) is 0 Å². The smallest absolute Gasteiger partial charge is 0.00175 e. The Morgan fingerprint density at radius 3 is 3.00 bits per heavy atom. The summed E-state index contributed by atoms with van der Waals surface area (Å²) in [6.07, 6.45) is 1.37. The van der Waals surface area contributed by atoms with Crippen LogP contribution in [0, 0.1) is 12.8 Å². The zero-order chi connectivity index (χ0) is 9.26. The third-order valence-electron chi connectivity index (χ3n) is 2.86. The van der Waals surface area contributed by atoms with E-state index >= 15 is 0 Å². The largest absolute Gasteiger partial charge is 0.319 e. The van der Waals surface area contributed by atoms with Gasteiger partial charge >= 0.3 is 0 Å². The predicted octanol–water partition coefficient (Wildman–Crippen LogP) is 2.32. The van der Waals surface area contributed by atoms with Crippen molar-refractivity contribution >= 4 is 0 Å². The minimum atomic E-state index is 0.826. The average Bonchev–Trinajstić information content (AvgIpc) is 2.85. The molecular weight excluding hydrogens is 158 g/mol. The molecule has 1 nitrogen and oxygen atoms in total. The quantitative estimate of drug-likeness (QED) is 0.743. The molecule has 0 saturated heterocycles. The summed E-state index contributed by atoms with van der Waals surface area (Å²) in [5.41, 5.74) is 2.91. The number of hydrogen-bond acceptors (Lipinski definition) is 1. The maximum atomic E-state index is 3.24. The van der Waals surface area contributed by atoms with Crippen molar-refractivity contribution in [2.45, 2.75) is 19.3 Å². The molecule has 1 aromatic rings. The first-order chi connectivity index (χ1) is 6.31. The summed E-state index contributed by atoms with van der Waals surface area (Å²) in [6, 6.07) is 8.91. The fourth-order valence-corrected chi connectivity index (χ4v) is 2.04. The molecule has 70 valence electrons. The van der Waals surface area contributed by atoms with E-state index in [9.17, 15) is 0 Å². The van der Waals surface area contributed by atoms with Crippen LogP contribution in [-0.4, -0.2) is 13.6 Å². The van der Waals surface area contributed by atoms with Gasteiger partial charge in [-0.1, -0.05) is 29.8 Å². The first-order valence-corrected chi connectivity index (χ1v) is 5.02. The highest BCUT2D eigenvalue weighted by Crippen LogP contribution is 2.46. The van der Waals surface area contributed by atoms with Gasteiger partial charge in [-0.25, -0.2) is 0 Å². The van der Waals surface area contributed by atoms with Gasteiger partial charge in [0.2, 0.25) is 0 Å². The Labute approximate surface area is 80.2 Å². The van der Waals surface area contributed by atoms with Crippen LogP contribution in [0.5, 0.6) is 0 Å². The van der Waals surface area contributed by atoms with Crippen molar-refractivity contribution in [2.24, 2.45) is 5.92 Å². The summed E-state index contributed by atoms with van der Waals surface area (Å²) < 4.78 is 0. The second-order valence-corrected chi connectivity index (χ2v) is 4.07. The molecule has 1 aromatic carbocycles. The molecule has 0 spiro atoms. The van der Waals surface area contributed by atoms with Crippen LogP contribution >= 0.6 is 0 Å². The minimum Gasteiger partial charge on any atom is -0.319 e. The van der Waals surface area contributed by atoms with E-state index in [0.29, 0.717) is 0 Å². The van der Waals surface area contributed by atoms with Crippen LogP contribution in [0.15, 0.2) is 24.3 Å². The van der Waals surface area contributed by atoms with Crippen LogP contribution in [0.1, 0.15) is 23.5 Å². The summed E-state index contributed by atoms with van der Waals surface area (Å²) in [5, 5.41) is 3.24. The van der Waals surface area contributed by atoms with E-state index in [0.717, 1.165) is 11.8 Å². The maximum Gasteiger partial charge on any atom is -0.00175 e. The summed E-state index contributed by atoms with van der Waals surface area (Å²) >= 11 is 0. The third-order valence-corrected chi connectivity index (χ3v) is 2.86. The third kappa shape index (κ3) is 1.92. The Bertz CT molecular complexity index is 293. The fourth-order valence-electron chi connectivity index (χ4n) is 2.04. The highest BCUT2D eigenvalue weighted by Gasteiger charge is 2.37. The lowest BCUT2D eigenvalue weighted by molar-refractivity contribution is 0.698. The highest BCUT2D eigenvalue weighted by molar-refractivity contribution is 5.29. The second kappa shape index (κ2) is 3.51. The minimum absolute atomic E-state index is 0.826. The molecule has 2 rings (SSSR count). The van der Waals surface area contributed by atoms with Gasteiger partial charge < -0.3 is 5.32 Å². The molecule has 2 unspecified atom stereocenters. The number of hydrogen-bond donors (Lipinski definition) is 1. The van der Waals surface area contributed by atoms with Gasteiger partial charge in [-0.15, -0.1) is 0 Å².